The Morgan fingerprint density at radius 2 is 1.67 bits per heavy atom. The van der Waals surface area contributed by atoms with E-state index < -0.39 is 0 Å². The molecule has 1 aromatic carbocycles. The largest absolute Gasteiger partial charge is 0.424 e. The zero-order chi connectivity index (χ0) is 13.2. The van der Waals surface area contributed by atoms with Crippen LogP contribution in [0, 0.1) is 0 Å². The van der Waals surface area contributed by atoms with Gasteiger partial charge in [-0.1, -0.05) is 39.0 Å². The molecule has 2 rings (SSSR count). The summed E-state index contributed by atoms with van der Waals surface area (Å²) in [6.45, 7) is 6.41. The molecule has 4 heteroatoms. The van der Waals surface area contributed by atoms with E-state index in [-0.39, 0.29) is 5.41 Å². The third kappa shape index (κ3) is 2.77. The minimum Gasteiger partial charge on any atom is -0.424 e. The van der Waals surface area contributed by atoms with Crippen molar-refractivity contribution < 1.29 is 4.74 Å². The number of benzene rings is 1. The first-order valence-electron chi connectivity index (χ1n) is 5.82. The highest BCUT2D eigenvalue weighted by Crippen LogP contribution is 2.32. The Bertz CT molecular complexity index is 529. The lowest BCUT2D eigenvalue weighted by Gasteiger charge is -2.21. The number of nitrogens with zero attached hydrogens (tertiary/aromatic N) is 2. The molecule has 0 aliphatic rings. The van der Waals surface area contributed by atoms with Crippen molar-refractivity contribution in [1.82, 2.24) is 9.97 Å². The van der Waals surface area contributed by atoms with Gasteiger partial charge in [0.2, 0.25) is 0 Å². The van der Waals surface area contributed by atoms with Gasteiger partial charge in [0.1, 0.15) is 5.75 Å². The van der Waals surface area contributed by atoms with E-state index in [0.717, 1.165) is 11.3 Å². The fourth-order valence-electron chi connectivity index (χ4n) is 1.65. The van der Waals surface area contributed by atoms with Gasteiger partial charge in [-0.2, -0.15) is 0 Å². The molecule has 2 N–H and O–H groups in total. The molecule has 0 aliphatic carbocycles. The molecule has 0 saturated heterocycles. The number of rotatable bonds is 2. The van der Waals surface area contributed by atoms with Gasteiger partial charge in [0, 0.05) is 5.56 Å². The monoisotopic (exact) mass is 243 g/mol. The second-order valence-electron chi connectivity index (χ2n) is 5.15. The molecule has 0 aliphatic heterocycles. The quantitative estimate of drug-likeness (QED) is 0.880. The second kappa shape index (κ2) is 4.64. The Labute approximate surface area is 107 Å². The number of nitrogens with two attached hydrogens (primary N) is 1. The van der Waals surface area contributed by atoms with Crippen LogP contribution in [0.4, 0.5) is 5.69 Å². The van der Waals surface area contributed by atoms with E-state index in [4.69, 9.17) is 10.5 Å². The van der Waals surface area contributed by atoms with Crippen molar-refractivity contribution in [3.05, 3.63) is 42.2 Å². The number of aromatic nitrogens is 2. The van der Waals surface area contributed by atoms with Crippen molar-refractivity contribution in [2.24, 2.45) is 0 Å². The Morgan fingerprint density at radius 3 is 2.28 bits per heavy atom. The van der Waals surface area contributed by atoms with Gasteiger partial charge in [0.25, 0.3) is 0 Å². The molecule has 0 bridgehead atoms. The number of nitrogen functional groups attached to an aromatic ring is 1. The van der Waals surface area contributed by atoms with E-state index >= 15 is 0 Å². The van der Waals surface area contributed by atoms with Gasteiger partial charge in [-0.15, -0.1) is 0 Å². The SMILES string of the molecule is CC(C)(C)c1ccccc1Oc1ncc(N)cn1. The zero-order valence-electron chi connectivity index (χ0n) is 10.8. The molecule has 94 valence electrons. The lowest BCUT2D eigenvalue weighted by Crippen LogP contribution is -2.12. The average Bonchev–Trinajstić information content (AvgIpc) is 2.31. The van der Waals surface area contributed by atoms with Gasteiger partial charge in [-0.05, 0) is 11.5 Å². The van der Waals surface area contributed by atoms with E-state index in [1.54, 1.807) is 0 Å². The van der Waals surface area contributed by atoms with E-state index in [2.05, 4.69) is 30.7 Å². The summed E-state index contributed by atoms with van der Waals surface area (Å²) in [7, 11) is 0. The highest BCUT2D eigenvalue weighted by molar-refractivity contribution is 5.40. The number of para-hydroxylation sites is 1. The van der Waals surface area contributed by atoms with E-state index in [1.807, 2.05) is 24.3 Å². The maximum atomic E-state index is 5.71. The lowest BCUT2D eigenvalue weighted by atomic mass is 9.86. The fourth-order valence-corrected chi connectivity index (χ4v) is 1.65. The molecular weight excluding hydrogens is 226 g/mol. The van der Waals surface area contributed by atoms with Crippen molar-refractivity contribution in [3.63, 3.8) is 0 Å². The molecule has 0 radical (unpaired) electrons. The van der Waals surface area contributed by atoms with Crippen molar-refractivity contribution in [1.29, 1.82) is 0 Å². The number of hydrogen-bond acceptors (Lipinski definition) is 4. The first-order chi connectivity index (χ1) is 8.47. The Morgan fingerprint density at radius 1 is 1.06 bits per heavy atom. The Balaban J connectivity index is 2.32. The van der Waals surface area contributed by atoms with E-state index in [1.165, 1.54) is 12.4 Å². The molecule has 18 heavy (non-hydrogen) atoms. The Kier molecular flexibility index (Phi) is 3.19. The predicted octanol–water partition coefficient (Wildman–Crippen LogP) is 3.15. The van der Waals surface area contributed by atoms with Crippen LogP contribution in [0.25, 0.3) is 0 Å². The van der Waals surface area contributed by atoms with Gasteiger partial charge >= 0.3 is 6.01 Å². The van der Waals surface area contributed by atoms with Gasteiger partial charge in [-0.3, -0.25) is 0 Å². The molecule has 2 aromatic rings. The molecule has 0 fully saturated rings. The van der Waals surface area contributed by atoms with Crippen LogP contribution in [0.3, 0.4) is 0 Å². The third-order valence-electron chi connectivity index (χ3n) is 2.54. The standard InChI is InChI=1S/C14H17N3O/c1-14(2,3)11-6-4-5-7-12(11)18-13-16-8-10(15)9-17-13/h4-9H,15H2,1-3H3. The summed E-state index contributed by atoms with van der Waals surface area (Å²) in [5.74, 6) is 0.773. The number of hydrogen-bond donors (Lipinski definition) is 1. The molecule has 0 unspecified atom stereocenters. The maximum Gasteiger partial charge on any atom is 0.322 e. The summed E-state index contributed by atoms with van der Waals surface area (Å²) in [5, 5.41) is 0. The number of anilines is 1. The van der Waals surface area contributed by atoms with Crippen LogP contribution in [-0.4, -0.2) is 9.97 Å². The van der Waals surface area contributed by atoms with E-state index in [9.17, 15) is 0 Å². The third-order valence-corrected chi connectivity index (χ3v) is 2.54. The molecule has 0 amide bonds. The van der Waals surface area contributed by atoms with Gasteiger partial charge in [0.15, 0.2) is 0 Å². The van der Waals surface area contributed by atoms with Crippen LogP contribution >= 0.6 is 0 Å². The van der Waals surface area contributed by atoms with Crippen molar-refractivity contribution in [2.75, 3.05) is 5.73 Å². The van der Waals surface area contributed by atoms with E-state index in [0.29, 0.717) is 11.7 Å². The van der Waals surface area contributed by atoms with Crippen molar-refractivity contribution in [3.8, 4) is 11.8 Å². The molecule has 1 heterocycles. The molecule has 4 nitrogen and oxygen atoms in total. The summed E-state index contributed by atoms with van der Waals surface area (Å²) in [6, 6.07) is 8.20. The van der Waals surface area contributed by atoms with Crippen LogP contribution in [0.2, 0.25) is 0 Å². The van der Waals surface area contributed by atoms with Crippen molar-refractivity contribution >= 4 is 5.69 Å². The first kappa shape index (κ1) is 12.4. The molecule has 0 saturated carbocycles. The minimum atomic E-state index is 0.00437. The molecular formula is C14H17N3O. The normalized spacial score (nSPS) is 11.3. The molecule has 0 atom stereocenters. The topological polar surface area (TPSA) is 61.0 Å². The summed E-state index contributed by atoms with van der Waals surface area (Å²) in [5.41, 5.74) is 7.18. The average molecular weight is 243 g/mol. The summed E-state index contributed by atoms with van der Waals surface area (Å²) in [4.78, 5) is 8.08. The minimum absolute atomic E-state index is 0.00437. The summed E-state index contributed by atoms with van der Waals surface area (Å²) < 4.78 is 5.71. The lowest BCUT2D eigenvalue weighted by molar-refractivity contribution is 0.423. The van der Waals surface area contributed by atoms with Crippen LogP contribution in [0.15, 0.2) is 36.7 Å². The van der Waals surface area contributed by atoms with Crippen LogP contribution in [-0.2, 0) is 5.41 Å². The van der Waals surface area contributed by atoms with Crippen LogP contribution in [0.5, 0.6) is 11.8 Å². The zero-order valence-corrected chi connectivity index (χ0v) is 10.8. The van der Waals surface area contributed by atoms with Crippen molar-refractivity contribution in [2.45, 2.75) is 26.2 Å². The first-order valence-corrected chi connectivity index (χ1v) is 5.82. The number of ether oxygens (including phenoxy) is 1. The molecule has 1 aromatic heterocycles. The maximum absolute atomic E-state index is 5.71. The second-order valence-corrected chi connectivity index (χ2v) is 5.15. The highest BCUT2D eigenvalue weighted by Gasteiger charge is 2.19. The smallest absolute Gasteiger partial charge is 0.322 e. The summed E-state index contributed by atoms with van der Waals surface area (Å²) in [6.07, 6.45) is 3.06. The molecule has 0 spiro atoms. The Hall–Kier alpha value is -2.10. The fraction of sp³-hybridized carbons (Fsp3) is 0.286. The van der Waals surface area contributed by atoms with Gasteiger partial charge in [0.05, 0.1) is 18.1 Å². The highest BCUT2D eigenvalue weighted by atomic mass is 16.5. The summed E-state index contributed by atoms with van der Waals surface area (Å²) >= 11 is 0. The van der Waals surface area contributed by atoms with Crippen LogP contribution < -0.4 is 10.5 Å². The predicted molar refractivity (Wildman–Crippen MR) is 71.7 cm³/mol. The van der Waals surface area contributed by atoms with Gasteiger partial charge < -0.3 is 10.5 Å². The van der Waals surface area contributed by atoms with Gasteiger partial charge in [-0.25, -0.2) is 9.97 Å². The van der Waals surface area contributed by atoms with Crippen LogP contribution in [0.1, 0.15) is 26.3 Å².